The summed E-state index contributed by atoms with van der Waals surface area (Å²) in [6, 6.07) is 8.75. The van der Waals surface area contributed by atoms with Gasteiger partial charge in [0.05, 0.1) is 6.10 Å². The van der Waals surface area contributed by atoms with Gasteiger partial charge in [-0.1, -0.05) is 28.9 Å². The summed E-state index contributed by atoms with van der Waals surface area (Å²) in [4.78, 5) is 11.9. The fourth-order valence-corrected chi connectivity index (χ4v) is 2.45. The molecule has 116 valence electrons. The number of hydrogen-bond donors (Lipinski definition) is 2. The van der Waals surface area contributed by atoms with Crippen molar-refractivity contribution in [1.82, 2.24) is 10.5 Å². The molecule has 0 radical (unpaired) electrons. The molecule has 0 unspecified atom stereocenters. The summed E-state index contributed by atoms with van der Waals surface area (Å²) in [5, 5.41) is 17.2. The lowest BCUT2D eigenvalue weighted by Gasteiger charge is -2.11. The van der Waals surface area contributed by atoms with Gasteiger partial charge in [0.25, 0.3) is 5.91 Å². The number of nitrogens with one attached hydrogen (secondary N) is 1. The van der Waals surface area contributed by atoms with Crippen molar-refractivity contribution in [2.45, 2.75) is 31.3 Å². The molecular formula is C16H17ClN2O3. The van der Waals surface area contributed by atoms with Crippen LogP contribution in [0.3, 0.4) is 0 Å². The Labute approximate surface area is 133 Å². The SMILES string of the molecule is O=C(NCC[C@H](O)c1cccc(Cl)c1)c1cc(C2CC2)on1. The van der Waals surface area contributed by atoms with E-state index in [0.717, 1.165) is 24.2 Å². The molecule has 5 nitrogen and oxygen atoms in total. The van der Waals surface area contributed by atoms with Gasteiger partial charge in [-0.05, 0) is 37.0 Å². The molecule has 1 aromatic heterocycles. The van der Waals surface area contributed by atoms with Crippen LogP contribution in [0.5, 0.6) is 0 Å². The smallest absolute Gasteiger partial charge is 0.273 e. The van der Waals surface area contributed by atoms with Crippen molar-refractivity contribution in [3.8, 4) is 0 Å². The van der Waals surface area contributed by atoms with Crippen molar-refractivity contribution in [2.75, 3.05) is 6.54 Å². The van der Waals surface area contributed by atoms with Crippen molar-refractivity contribution in [3.63, 3.8) is 0 Å². The molecule has 22 heavy (non-hydrogen) atoms. The monoisotopic (exact) mass is 320 g/mol. The van der Waals surface area contributed by atoms with Crippen molar-refractivity contribution >= 4 is 17.5 Å². The summed E-state index contributed by atoms with van der Waals surface area (Å²) in [6.45, 7) is 0.345. The number of aliphatic hydroxyl groups is 1. The van der Waals surface area contributed by atoms with Gasteiger partial charge >= 0.3 is 0 Å². The third kappa shape index (κ3) is 3.67. The molecule has 1 heterocycles. The maximum absolute atomic E-state index is 11.9. The lowest BCUT2D eigenvalue weighted by Crippen LogP contribution is -2.25. The van der Waals surface area contributed by atoms with Gasteiger partial charge in [0.15, 0.2) is 5.69 Å². The van der Waals surface area contributed by atoms with Crippen LogP contribution in [0.15, 0.2) is 34.9 Å². The molecule has 2 N–H and O–H groups in total. The largest absolute Gasteiger partial charge is 0.388 e. The normalized spacial score (nSPS) is 15.5. The highest BCUT2D eigenvalue weighted by Crippen LogP contribution is 2.40. The van der Waals surface area contributed by atoms with Crippen LogP contribution in [0.4, 0.5) is 0 Å². The number of benzene rings is 1. The molecule has 1 amide bonds. The van der Waals surface area contributed by atoms with Crippen LogP contribution in [0, 0.1) is 0 Å². The summed E-state index contributed by atoms with van der Waals surface area (Å²) in [6.07, 6.45) is 1.93. The highest BCUT2D eigenvalue weighted by atomic mass is 35.5. The van der Waals surface area contributed by atoms with Gasteiger partial charge in [-0.15, -0.1) is 0 Å². The lowest BCUT2D eigenvalue weighted by molar-refractivity contribution is 0.0933. The summed E-state index contributed by atoms with van der Waals surface area (Å²) >= 11 is 5.89. The molecule has 1 atom stereocenters. The molecule has 1 fully saturated rings. The molecule has 3 rings (SSSR count). The standard InChI is InChI=1S/C16H17ClN2O3/c17-12-3-1-2-11(8-12)14(20)6-7-18-16(21)13-9-15(22-19-13)10-4-5-10/h1-3,8-10,14,20H,4-7H2,(H,18,21)/t14-/m0/s1. The van der Waals surface area contributed by atoms with Crippen LogP contribution in [-0.4, -0.2) is 22.7 Å². The van der Waals surface area contributed by atoms with E-state index >= 15 is 0 Å². The molecule has 0 aliphatic heterocycles. The zero-order valence-electron chi connectivity index (χ0n) is 12.0. The molecular weight excluding hydrogens is 304 g/mol. The summed E-state index contributed by atoms with van der Waals surface area (Å²) in [5.74, 6) is 0.928. The maximum Gasteiger partial charge on any atom is 0.273 e. The van der Waals surface area contributed by atoms with Crippen LogP contribution in [0.25, 0.3) is 0 Å². The molecule has 6 heteroatoms. The predicted octanol–water partition coefficient (Wildman–Crippen LogP) is 3.06. The highest BCUT2D eigenvalue weighted by Gasteiger charge is 2.28. The Kier molecular flexibility index (Phi) is 4.45. The van der Waals surface area contributed by atoms with Crippen LogP contribution in [-0.2, 0) is 0 Å². The summed E-state index contributed by atoms with van der Waals surface area (Å²) in [7, 11) is 0. The highest BCUT2D eigenvalue weighted by molar-refractivity contribution is 6.30. The van der Waals surface area contributed by atoms with Crippen LogP contribution in [0.1, 0.15) is 53.1 Å². The lowest BCUT2D eigenvalue weighted by atomic mass is 10.1. The molecule has 1 aliphatic rings. The van der Waals surface area contributed by atoms with Crippen LogP contribution >= 0.6 is 11.6 Å². The van der Waals surface area contributed by atoms with Gasteiger partial charge in [0, 0.05) is 23.6 Å². The number of hydrogen-bond acceptors (Lipinski definition) is 4. The Morgan fingerprint density at radius 1 is 1.45 bits per heavy atom. The van der Waals surface area contributed by atoms with E-state index in [2.05, 4.69) is 10.5 Å². The Morgan fingerprint density at radius 3 is 3.00 bits per heavy atom. The molecule has 0 spiro atoms. The molecule has 1 aliphatic carbocycles. The molecule has 1 saturated carbocycles. The zero-order chi connectivity index (χ0) is 15.5. The fraction of sp³-hybridized carbons (Fsp3) is 0.375. The van der Waals surface area contributed by atoms with Gasteiger partial charge in [0.2, 0.25) is 0 Å². The Morgan fingerprint density at radius 2 is 2.27 bits per heavy atom. The van der Waals surface area contributed by atoms with Crippen LogP contribution in [0.2, 0.25) is 5.02 Å². The average molecular weight is 321 g/mol. The summed E-state index contributed by atoms with van der Waals surface area (Å²) < 4.78 is 5.14. The number of halogens is 1. The van der Waals surface area contributed by atoms with Crippen molar-refractivity contribution in [1.29, 1.82) is 0 Å². The molecule has 0 saturated heterocycles. The third-order valence-electron chi connectivity index (χ3n) is 3.68. The van der Waals surface area contributed by atoms with Crippen molar-refractivity contribution < 1.29 is 14.4 Å². The molecule has 0 bridgehead atoms. The third-order valence-corrected chi connectivity index (χ3v) is 3.91. The number of nitrogens with zero attached hydrogens (tertiary/aromatic N) is 1. The first-order valence-corrected chi connectivity index (χ1v) is 7.69. The number of aliphatic hydroxyl groups excluding tert-OH is 1. The van der Waals surface area contributed by atoms with Gasteiger partial charge in [0.1, 0.15) is 5.76 Å². The topological polar surface area (TPSA) is 75.4 Å². The quantitative estimate of drug-likeness (QED) is 0.857. The minimum atomic E-state index is -0.668. The van der Waals surface area contributed by atoms with Crippen molar-refractivity contribution in [2.24, 2.45) is 0 Å². The van der Waals surface area contributed by atoms with E-state index in [-0.39, 0.29) is 5.91 Å². The van der Waals surface area contributed by atoms with E-state index in [9.17, 15) is 9.90 Å². The minimum absolute atomic E-state index is 0.283. The number of amides is 1. The first kappa shape index (κ1) is 15.1. The second-order valence-electron chi connectivity index (χ2n) is 5.50. The van der Waals surface area contributed by atoms with Crippen LogP contribution < -0.4 is 5.32 Å². The van der Waals surface area contributed by atoms with E-state index in [4.69, 9.17) is 16.1 Å². The Balaban J connectivity index is 1.48. The first-order chi connectivity index (χ1) is 10.6. The predicted molar refractivity (Wildman–Crippen MR) is 81.8 cm³/mol. The summed E-state index contributed by atoms with van der Waals surface area (Å²) in [5.41, 5.74) is 1.03. The van der Waals surface area contributed by atoms with E-state index in [0.29, 0.717) is 29.6 Å². The van der Waals surface area contributed by atoms with E-state index in [1.165, 1.54) is 0 Å². The molecule has 2 aromatic rings. The molecule has 1 aromatic carbocycles. The van der Waals surface area contributed by atoms with E-state index in [1.807, 2.05) is 0 Å². The van der Waals surface area contributed by atoms with Crippen molar-refractivity contribution in [3.05, 3.63) is 52.4 Å². The second kappa shape index (κ2) is 6.50. The minimum Gasteiger partial charge on any atom is -0.388 e. The van der Waals surface area contributed by atoms with E-state index in [1.54, 1.807) is 30.3 Å². The van der Waals surface area contributed by atoms with E-state index < -0.39 is 6.10 Å². The number of carbonyl (C=O) groups is 1. The Hall–Kier alpha value is -1.85. The number of aromatic nitrogens is 1. The zero-order valence-corrected chi connectivity index (χ0v) is 12.7. The number of carbonyl (C=O) groups excluding carboxylic acids is 1. The number of rotatable bonds is 6. The van der Waals surface area contributed by atoms with Gasteiger partial charge in [-0.3, -0.25) is 4.79 Å². The first-order valence-electron chi connectivity index (χ1n) is 7.32. The van der Waals surface area contributed by atoms with Gasteiger partial charge in [-0.25, -0.2) is 0 Å². The average Bonchev–Trinajstić information content (AvgIpc) is 3.24. The fourth-order valence-electron chi connectivity index (χ4n) is 2.25. The van der Waals surface area contributed by atoms with Gasteiger partial charge in [-0.2, -0.15) is 0 Å². The Bertz CT molecular complexity index is 667. The second-order valence-corrected chi connectivity index (χ2v) is 5.94. The van der Waals surface area contributed by atoms with Gasteiger partial charge < -0.3 is 14.9 Å². The maximum atomic E-state index is 11.9.